The fourth-order valence-corrected chi connectivity index (χ4v) is 1.92. The van der Waals surface area contributed by atoms with Crippen molar-refractivity contribution in [1.82, 2.24) is 9.88 Å². The van der Waals surface area contributed by atoms with Crippen molar-refractivity contribution < 1.29 is 9.59 Å². The first-order valence-corrected chi connectivity index (χ1v) is 5.52. The van der Waals surface area contributed by atoms with E-state index >= 15 is 0 Å². The molecule has 0 N–H and O–H groups in total. The van der Waals surface area contributed by atoms with Crippen molar-refractivity contribution in [2.45, 2.75) is 6.92 Å². The number of carbonyl (C=O) groups excluding carboxylic acids is 2. The average Bonchev–Trinajstić information content (AvgIpc) is 2.32. The first kappa shape index (κ1) is 11.6. The highest BCUT2D eigenvalue weighted by molar-refractivity contribution is 5.83. The van der Waals surface area contributed by atoms with Gasteiger partial charge in [0.05, 0.1) is 6.54 Å². The lowest BCUT2D eigenvalue weighted by Gasteiger charge is -2.33. The molecule has 2 rings (SSSR count). The van der Waals surface area contributed by atoms with E-state index in [1.165, 1.54) is 6.20 Å². The number of aryl methyl sites for hydroxylation is 1. The molecule has 90 valence electrons. The molecule has 5 heteroatoms. The molecular weight excluding hydrogens is 218 g/mol. The van der Waals surface area contributed by atoms with E-state index in [1.54, 1.807) is 18.0 Å². The number of nitrogens with zero attached hydrogens (tertiary/aromatic N) is 3. The molecule has 1 saturated heterocycles. The zero-order chi connectivity index (χ0) is 12.4. The minimum absolute atomic E-state index is 0.0944. The second-order valence-corrected chi connectivity index (χ2v) is 4.26. The van der Waals surface area contributed by atoms with Crippen LogP contribution in [0.15, 0.2) is 12.3 Å². The highest BCUT2D eigenvalue weighted by Crippen LogP contribution is 2.19. The number of piperazine rings is 1. The number of carbonyl (C=O) groups is 2. The maximum absolute atomic E-state index is 11.6. The number of pyridine rings is 1. The summed E-state index contributed by atoms with van der Waals surface area (Å²) in [6, 6.07) is 1.79. The Morgan fingerprint density at radius 1 is 1.41 bits per heavy atom. The van der Waals surface area contributed by atoms with Crippen molar-refractivity contribution in [3.63, 3.8) is 0 Å². The molecule has 2 heterocycles. The zero-order valence-corrected chi connectivity index (χ0v) is 10.0. The number of aldehydes is 1. The largest absolute Gasteiger partial charge is 0.345 e. The molecule has 0 radical (unpaired) electrons. The molecule has 0 aromatic carbocycles. The Kier molecular flexibility index (Phi) is 3.08. The van der Waals surface area contributed by atoms with Crippen LogP contribution in [0.2, 0.25) is 0 Å². The van der Waals surface area contributed by atoms with E-state index in [4.69, 9.17) is 0 Å². The molecule has 0 atom stereocenters. The fourth-order valence-electron chi connectivity index (χ4n) is 1.92. The molecule has 1 fully saturated rings. The molecule has 1 aliphatic rings. The molecule has 0 bridgehead atoms. The van der Waals surface area contributed by atoms with Crippen molar-refractivity contribution >= 4 is 18.0 Å². The summed E-state index contributed by atoms with van der Waals surface area (Å²) in [5.74, 6) is 0.883. The molecule has 17 heavy (non-hydrogen) atoms. The Morgan fingerprint density at radius 3 is 2.76 bits per heavy atom. The van der Waals surface area contributed by atoms with E-state index < -0.39 is 0 Å². The van der Waals surface area contributed by atoms with Crippen LogP contribution in [0.1, 0.15) is 15.9 Å². The summed E-state index contributed by atoms with van der Waals surface area (Å²) in [5.41, 5.74) is 1.48. The van der Waals surface area contributed by atoms with Gasteiger partial charge in [0.25, 0.3) is 0 Å². The van der Waals surface area contributed by atoms with E-state index in [2.05, 4.69) is 4.98 Å². The molecule has 0 spiro atoms. The Labute approximate surface area is 100 Å². The van der Waals surface area contributed by atoms with Gasteiger partial charge >= 0.3 is 0 Å². The fraction of sp³-hybridized carbons (Fsp3) is 0.417. The summed E-state index contributed by atoms with van der Waals surface area (Å²) < 4.78 is 0. The minimum Gasteiger partial charge on any atom is -0.345 e. The summed E-state index contributed by atoms with van der Waals surface area (Å²) in [4.78, 5) is 30.2. The first-order chi connectivity index (χ1) is 8.11. The van der Waals surface area contributed by atoms with Gasteiger partial charge in [0.1, 0.15) is 5.82 Å². The minimum atomic E-state index is 0.0944. The summed E-state index contributed by atoms with van der Waals surface area (Å²) >= 11 is 0. The van der Waals surface area contributed by atoms with Crippen LogP contribution in [-0.4, -0.2) is 48.8 Å². The lowest BCUT2D eigenvalue weighted by Crippen LogP contribution is -2.49. The first-order valence-electron chi connectivity index (χ1n) is 5.52. The van der Waals surface area contributed by atoms with Crippen LogP contribution in [-0.2, 0) is 4.79 Å². The maximum atomic E-state index is 11.6. The topological polar surface area (TPSA) is 53.5 Å². The predicted molar refractivity (Wildman–Crippen MR) is 64.2 cm³/mol. The van der Waals surface area contributed by atoms with E-state index in [0.717, 1.165) is 24.2 Å². The van der Waals surface area contributed by atoms with Crippen molar-refractivity contribution in [3.05, 3.63) is 23.4 Å². The van der Waals surface area contributed by atoms with Gasteiger partial charge in [-0.1, -0.05) is 0 Å². The van der Waals surface area contributed by atoms with E-state index in [1.807, 2.05) is 11.8 Å². The second-order valence-electron chi connectivity index (χ2n) is 4.26. The summed E-state index contributed by atoms with van der Waals surface area (Å²) in [6.45, 7) is 3.73. The highest BCUT2D eigenvalue weighted by atomic mass is 16.2. The number of aromatic nitrogens is 1. The summed E-state index contributed by atoms with van der Waals surface area (Å²) in [6.07, 6.45) is 2.32. The third kappa shape index (κ3) is 2.27. The molecular formula is C12H15N3O2. The Bertz CT molecular complexity index is 459. The number of anilines is 1. The lowest BCUT2D eigenvalue weighted by atomic mass is 10.2. The average molecular weight is 233 g/mol. The van der Waals surface area contributed by atoms with Gasteiger partial charge in [-0.05, 0) is 18.6 Å². The SMILES string of the molecule is Cc1cc(C=O)cnc1N1CCN(C)C(=O)C1. The Balaban J connectivity index is 2.23. The second kappa shape index (κ2) is 4.53. The number of amides is 1. The highest BCUT2D eigenvalue weighted by Gasteiger charge is 2.22. The molecule has 0 unspecified atom stereocenters. The van der Waals surface area contributed by atoms with Crippen molar-refractivity contribution in [2.24, 2.45) is 0 Å². The Morgan fingerprint density at radius 2 is 2.18 bits per heavy atom. The van der Waals surface area contributed by atoms with Gasteiger partial charge in [-0.3, -0.25) is 9.59 Å². The molecule has 1 amide bonds. The van der Waals surface area contributed by atoms with Crippen LogP contribution in [0.5, 0.6) is 0 Å². The van der Waals surface area contributed by atoms with Gasteiger partial charge in [0.15, 0.2) is 6.29 Å². The molecule has 5 nitrogen and oxygen atoms in total. The van der Waals surface area contributed by atoms with Gasteiger partial charge in [0.2, 0.25) is 5.91 Å². The summed E-state index contributed by atoms with van der Waals surface area (Å²) in [7, 11) is 1.80. The monoisotopic (exact) mass is 233 g/mol. The predicted octanol–water partition coefficient (Wildman–Crippen LogP) is 0.481. The maximum Gasteiger partial charge on any atom is 0.241 e. The van der Waals surface area contributed by atoms with Crippen molar-refractivity contribution in [1.29, 1.82) is 0 Å². The third-order valence-corrected chi connectivity index (χ3v) is 2.96. The van der Waals surface area contributed by atoms with E-state index in [-0.39, 0.29) is 5.91 Å². The van der Waals surface area contributed by atoms with Crippen molar-refractivity contribution in [3.8, 4) is 0 Å². The van der Waals surface area contributed by atoms with Gasteiger partial charge in [0, 0.05) is 31.9 Å². The molecule has 0 saturated carbocycles. The van der Waals surface area contributed by atoms with Crippen LogP contribution in [0, 0.1) is 6.92 Å². The molecule has 0 aliphatic carbocycles. The Hall–Kier alpha value is -1.91. The zero-order valence-electron chi connectivity index (χ0n) is 10.0. The van der Waals surface area contributed by atoms with Gasteiger partial charge < -0.3 is 9.80 Å². The number of hydrogen-bond acceptors (Lipinski definition) is 4. The lowest BCUT2D eigenvalue weighted by molar-refractivity contribution is -0.129. The molecule has 1 aromatic rings. The van der Waals surface area contributed by atoms with Crippen LogP contribution >= 0.6 is 0 Å². The quantitative estimate of drug-likeness (QED) is 0.697. The van der Waals surface area contributed by atoms with E-state index in [0.29, 0.717) is 18.7 Å². The summed E-state index contributed by atoms with van der Waals surface area (Å²) in [5, 5.41) is 0. The van der Waals surface area contributed by atoms with Gasteiger partial charge in [-0.15, -0.1) is 0 Å². The molecule has 1 aromatic heterocycles. The third-order valence-electron chi connectivity index (χ3n) is 2.96. The van der Waals surface area contributed by atoms with Crippen molar-refractivity contribution in [2.75, 3.05) is 31.6 Å². The normalized spacial score (nSPS) is 16.2. The van der Waals surface area contributed by atoms with Crippen LogP contribution in [0.25, 0.3) is 0 Å². The standard InChI is InChI=1S/C12H15N3O2/c1-9-5-10(8-16)6-13-12(9)15-4-3-14(2)11(17)7-15/h5-6,8H,3-4,7H2,1-2H3. The van der Waals surface area contributed by atoms with Crippen LogP contribution in [0.4, 0.5) is 5.82 Å². The molecule has 1 aliphatic heterocycles. The number of rotatable bonds is 2. The van der Waals surface area contributed by atoms with Gasteiger partial charge in [-0.2, -0.15) is 0 Å². The van der Waals surface area contributed by atoms with Gasteiger partial charge in [-0.25, -0.2) is 4.98 Å². The van der Waals surface area contributed by atoms with Crippen LogP contribution in [0.3, 0.4) is 0 Å². The smallest absolute Gasteiger partial charge is 0.241 e. The number of likely N-dealkylation sites (N-methyl/N-ethyl adjacent to an activating group) is 1. The van der Waals surface area contributed by atoms with Crippen LogP contribution < -0.4 is 4.90 Å². The number of hydrogen-bond donors (Lipinski definition) is 0. The van der Waals surface area contributed by atoms with E-state index in [9.17, 15) is 9.59 Å².